The Kier molecular flexibility index (Phi) is 9.76. The molecule has 0 saturated carbocycles. The van der Waals surface area contributed by atoms with Gasteiger partial charge in [0.2, 0.25) is 5.91 Å². The second kappa shape index (κ2) is 13.8. The van der Waals surface area contributed by atoms with Crippen LogP contribution in [0.4, 0.5) is 0 Å². The van der Waals surface area contributed by atoms with Gasteiger partial charge in [-0.1, -0.05) is 0 Å². The molecule has 224 valence electrons. The number of hydrogen-bond donors (Lipinski definition) is 1. The third kappa shape index (κ3) is 7.49. The lowest BCUT2D eigenvalue weighted by atomic mass is 10.1. The highest BCUT2D eigenvalue weighted by atomic mass is 16.5. The number of ether oxygens (including phenoxy) is 3. The number of benzene rings is 2. The summed E-state index contributed by atoms with van der Waals surface area (Å²) in [6.45, 7) is 8.49. The molecule has 2 aliphatic rings. The van der Waals surface area contributed by atoms with Crippen molar-refractivity contribution in [2.24, 2.45) is 0 Å². The van der Waals surface area contributed by atoms with E-state index >= 15 is 0 Å². The zero-order chi connectivity index (χ0) is 29.5. The van der Waals surface area contributed by atoms with Crippen molar-refractivity contribution in [3.8, 4) is 11.5 Å². The van der Waals surface area contributed by atoms with Gasteiger partial charge in [-0.3, -0.25) is 19.4 Å². The molecule has 1 amide bonds. The number of nitrogens with zero attached hydrogens (tertiary/aromatic N) is 3. The van der Waals surface area contributed by atoms with Crippen LogP contribution in [-0.2, 0) is 20.7 Å². The van der Waals surface area contributed by atoms with Crippen LogP contribution in [0.5, 0.6) is 11.5 Å². The molecule has 1 N–H and O–H groups in total. The monoisotopic (exact) mass is 576 g/mol. The minimum atomic E-state index is -0.415. The Morgan fingerprint density at radius 1 is 0.857 bits per heavy atom. The molecule has 2 aliphatic heterocycles. The van der Waals surface area contributed by atoms with Crippen LogP contribution in [0.3, 0.4) is 0 Å². The van der Waals surface area contributed by atoms with Crippen molar-refractivity contribution >= 4 is 28.7 Å². The Labute approximate surface area is 246 Å². The molecule has 0 aliphatic carbocycles. The average molecular weight is 577 g/mol. The lowest BCUT2D eigenvalue weighted by Gasteiger charge is -2.35. The van der Waals surface area contributed by atoms with E-state index in [-0.39, 0.29) is 18.9 Å². The quantitative estimate of drug-likeness (QED) is 0.289. The van der Waals surface area contributed by atoms with Gasteiger partial charge in [0.1, 0.15) is 18.1 Å². The lowest BCUT2D eigenvalue weighted by molar-refractivity contribution is -0.134. The lowest BCUT2D eigenvalue weighted by Crippen LogP contribution is -2.51. The molecule has 0 atom stereocenters. The van der Waals surface area contributed by atoms with Crippen molar-refractivity contribution in [2.75, 3.05) is 66.1 Å². The predicted molar refractivity (Wildman–Crippen MR) is 159 cm³/mol. The zero-order valence-electron chi connectivity index (χ0n) is 24.5. The van der Waals surface area contributed by atoms with Crippen LogP contribution in [0.25, 0.3) is 10.9 Å². The molecule has 3 heterocycles. The van der Waals surface area contributed by atoms with Crippen molar-refractivity contribution in [1.29, 1.82) is 0 Å². The van der Waals surface area contributed by atoms with Gasteiger partial charge < -0.3 is 24.1 Å². The molecular formula is C32H40N4O6. The maximum atomic E-state index is 12.7. The third-order valence-corrected chi connectivity index (χ3v) is 8.14. The number of H-pyrrole nitrogens is 1. The Balaban J connectivity index is 1.03. The number of piperazine rings is 1. The van der Waals surface area contributed by atoms with Crippen LogP contribution in [0.2, 0.25) is 0 Å². The average Bonchev–Trinajstić information content (AvgIpc) is 3.32. The molecule has 42 heavy (non-hydrogen) atoms. The first-order valence-electron chi connectivity index (χ1n) is 14.7. The number of amides is 1. The molecule has 10 heteroatoms. The molecule has 2 saturated heterocycles. The van der Waals surface area contributed by atoms with Crippen LogP contribution in [-0.4, -0.2) is 104 Å². The Morgan fingerprint density at radius 2 is 1.55 bits per heavy atom. The van der Waals surface area contributed by atoms with Gasteiger partial charge in [-0.05, 0) is 74.2 Å². The van der Waals surface area contributed by atoms with Crippen LogP contribution >= 0.6 is 0 Å². The number of aryl methyl sites for hydroxylation is 1. The molecule has 2 fully saturated rings. The molecule has 10 nitrogen and oxygen atoms in total. The van der Waals surface area contributed by atoms with E-state index in [2.05, 4.69) is 14.8 Å². The van der Waals surface area contributed by atoms with E-state index in [0.29, 0.717) is 24.4 Å². The van der Waals surface area contributed by atoms with Crippen LogP contribution < -0.4 is 9.47 Å². The molecule has 0 spiro atoms. The largest absolute Gasteiger partial charge is 0.497 e. The van der Waals surface area contributed by atoms with Crippen molar-refractivity contribution in [3.63, 3.8) is 0 Å². The standard InChI is InChI=1S/C32H40N4O6/c1-23-27(28-20-26(40-2)10-11-29(28)33-23)21-31(38)42-25-8-6-24(7-9-25)32(39)41-19-18-34-14-16-35(17-15-34)22-30(37)36-12-4-3-5-13-36/h6-11,20,33H,3-5,12-19,21-22H2,1-2H3. The van der Waals surface area contributed by atoms with E-state index in [4.69, 9.17) is 14.2 Å². The molecule has 1 aromatic heterocycles. The van der Waals surface area contributed by atoms with Gasteiger partial charge in [-0.25, -0.2) is 4.79 Å². The first kappa shape index (κ1) is 29.6. The molecule has 0 bridgehead atoms. The fourth-order valence-corrected chi connectivity index (χ4v) is 5.64. The molecular weight excluding hydrogens is 536 g/mol. The van der Waals surface area contributed by atoms with E-state index in [0.717, 1.165) is 80.0 Å². The minimum Gasteiger partial charge on any atom is -0.497 e. The number of likely N-dealkylation sites (tertiary alicyclic amines) is 1. The number of piperidine rings is 1. The van der Waals surface area contributed by atoms with Crippen LogP contribution in [0, 0.1) is 6.92 Å². The first-order chi connectivity index (χ1) is 20.4. The van der Waals surface area contributed by atoms with Gasteiger partial charge in [0, 0.05) is 62.4 Å². The SMILES string of the molecule is COc1ccc2[nH]c(C)c(CC(=O)Oc3ccc(C(=O)OCCN4CCN(CC(=O)N5CCCCC5)CC4)cc3)c2c1. The number of hydrogen-bond acceptors (Lipinski definition) is 8. The van der Waals surface area contributed by atoms with Crippen molar-refractivity contribution in [1.82, 2.24) is 19.7 Å². The third-order valence-electron chi connectivity index (χ3n) is 8.14. The van der Waals surface area contributed by atoms with Gasteiger partial charge in [0.15, 0.2) is 0 Å². The number of carbonyl (C=O) groups is 3. The van der Waals surface area contributed by atoms with Crippen molar-refractivity contribution in [2.45, 2.75) is 32.6 Å². The van der Waals surface area contributed by atoms with E-state index in [1.165, 1.54) is 6.42 Å². The summed E-state index contributed by atoms with van der Waals surface area (Å²) < 4.78 is 16.4. The van der Waals surface area contributed by atoms with E-state index in [9.17, 15) is 14.4 Å². The fraction of sp³-hybridized carbons (Fsp3) is 0.469. The summed E-state index contributed by atoms with van der Waals surface area (Å²) in [5.74, 6) is 0.513. The molecule has 5 rings (SSSR count). The summed E-state index contributed by atoms with van der Waals surface area (Å²) in [5, 5.41) is 0.923. The summed E-state index contributed by atoms with van der Waals surface area (Å²) in [6.07, 6.45) is 3.54. The van der Waals surface area contributed by atoms with E-state index < -0.39 is 11.9 Å². The molecule has 3 aromatic rings. The molecule has 2 aromatic carbocycles. The van der Waals surface area contributed by atoms with Gasteiger partial charge >= 0.3 is 11.9 Å². The van der Waals surface area contributed by atoms with Gasteiger partial charge in [-0.15, -0.1) is 0 Å². The maximum absolute atomic E-state index is 12.7. The normalized spacial score (nSPS) is 16.4. The minimum absolute atomic E-state index is 0.103. The number of nitrogens with one attached hydrogen (secondary N) is 1. The summed E-state index contributed by atoms with van der Waals surface area (Å²) in [5.41, 5.74) is 3.09. The highest BCUT2D eigenvalue weighted by Crippen LogP contribution is 2.27. The van der Waals surface area contributed by atoms with Gasteiger partial charge in [0.05, 0.1) is 25.6 Å². The number of aromatic amines is 1. The molecule has 0 radical (unpaired) electrons. The number of esters is 2. The second-order valence-corrected chi connectivity index (χ2v) is 11.0. The zero-order valence-corrected chi connectivity index (χ0v) is 24.5. The predicted octanol–water partition coefficient (Wildman–Crippen LogP) is 3.42. The van der Waals surface area contributed by atoms with E-state index in [1.807, 2.05) is 30.0 Å². The number of carbonyl (C=O) groups excluding carboxylic acids is 3. The summed E-state index contributed by atoms with van der Waals surface area (Å²) >= 11 is 0. The van der Waals surface area contributed by atoms with Gasteiger partial charge in [-0.2, -0.15) is 0 Å². The topological polar surface area (TPSA) is 104 Å². The maximum Gasteiger partial charge on any atom is 0.338 e. The second-order valence-electron chi connectivity index (χ2n) is 11.0. The fourth-order valence-electron chi connectivity index (χ4n) is 5.64. The van der Waals surface area contributed by atoms with E-state index in [1.54, 1.807) is 31.4 Å². The smallest absolute Gasteiger partial charge is 0.338 e. The summed E-state index contributed by atoms with van der Waals surface area (Å²) in [7, 11) is 1.61. The van der Waals surface area contributed by atoms with Gasteiger partial charge in [0.25, 0.3) is 0 Å². The number of aromatic nitrogens is 1. The molecule has 0 unspecified atom stereocenters. The summed E-state index contributed by atoms with van der Waals surface area (Å²) in [6, 6.07) is 12.1. The Hall–Kier alpha value is -3.89. The number of rotatable bonds is 10. The van der Waals surface area contributed by atoms with Crippen molar-refractivity contribution in [3.05, 3.63) is 59.3 Å². The number of fused-ring (bicyclic) bond motifs is 1. The first-order valence-corrected chi connectivity index (χ1v) is 14.7. The van der Waals surface area contributed by atoms with Crippen LogP contribution in [0.1, 0.15) is 40.9 Å². The number of methoxy groups -OCH3 is 1. The Morgan fingerprint density at radius 3 is 2.26 bits per heavy atom. The highest BCUT2D eigenvalue weighted by molar-refractivity contribution is 5.91. The van der Waals surface area contributed by atoms with Crippen molar-refractivity contribution < 1.29 is 28.6 Å². The summed E-state index contributed by atoms with van der Waals surface area (Å²) in [4.78, 5) is 47.5. The Bertz CT molecular complexity index is 1390. The highest BCUT2D eigenvalue weighted by Gasteiger charge is 2.23. The van der Waals surface area contributed by atoms with Crippen LogP contribution in [0.15, 0.2) is 42.5 Å².